The minimum atomic E-state index is -0.250. The zero-order chi connectivity index (χ0) is 21.2. The first-order chi connectivity index (χ1) is 14.6. The highest BCUT2D eigenvalue weighted by molar-refractivity contribution is 7.13. The summed E-state index contributed by atoms with van der Waals surface area (Å²) in [6, 6.07) is 7.62. The highest BCUT2D eigenvalue weighted by atomic mass is 32.1. The second kappa shape index (κ2) is 11.8. The molecule has 0 radical (unpaired) electrons. The molecular weight excluding hydrogens is 398 g/mol. The van der Waals surface area contributed by atoms with Gasteiger partial charge in [-0.25, -0.2) is 0 Å². The SMILES string of the molecule is Cc1ccccc1NC(=O)c1nnc(CCCC(=O)NCCCN2CCCCC2)s1. The molecule has 2 heterocycles. The highest BCUT2D eigenvalue weighted by Gasteiger charge is 2.14. The Labute approximate surface area is 182 Å². The topological polar surface area (TPSA) is 87.2 Å². The van der Waals surface area contributed by atoms with E-state index in [1.807, 2.05) is 31.2 Å². The molecule has 1 aromatic heterocycles. The number of anilines is 1. The van der Waals surface area contributed by atoms with Gasteiger partial charge in [-0.3, -0.25) is 9.59 Å². The maximum absolute atomic E-state index is 12.4. The number of aromatic nitrogens is 2. The van der Waals surface area contributed by atoms with Crippen molar-refractivity contribution in [1.29, 1.82) is 0 Å². The Morgan fingerprint density at radius 3 is 2.70 bits per heavy atom. The van der Waals surface area contributed by atoms with E-state index in [0.29, 0.717) is 24.3 Å². The van der Waals surface area contributed by atoms with Gasteiger partial charge in [-0.15, -0.1) is 10.2 Å². The monoisotopic (exact) mass is 429 g/mol. The Kier molecular flexibility index (Phi) is 8.77. The molecule has 30 heavy (non-hydrogen) atoms. The molecule has 1 saturated heterocycles. The van der Waals surface area contributed by atoms with Crippen LogP contribution in [0, 0.1) is 6.92 Å². The molecule has 1 aromatic carbocycles. The maximum atomic E-state index is 12.4. The number of nitrogens with one attached hydrogen (secondary N) is 2. The molecule has 2 aromatic rings. The summed E-state index contributed by atoms with van der Waals surface area (Å²) in [5.74, 6) is -0.171. The first-order valence-corrected chi connectivity index (χ1v) is 11.6. The van der Waals surface area contributed by atoms with Crippen LogP contribution in [0.15, 0.2) is 24.3 Å². The highest BCUT2D eigenvalue weighted by Crippen LogP contribution is 2.17. The van der Waals surface area contributed by atoms with Gasteiger partial charge in [0.1, 0.15) is 5.01 Å². The Morgan fingerprint density at radius 1 is 1.10 bits per heavy atom. The van der Waals surface area contributed by atoms with Crippen LogP contribution in [0.3, 0.4) is 0 Å². The lowest BCUT2D eigenvalue weighted by atomic mass is 10.1. The van der Waals surface area contributed by atoms with Crippen molar-refractivity contribution in [3.63, 3.8) is 0 Å². The molecule has 0 aliphatic carbocycles. The third-order valence-corrected chi connectivity index (χ3v) is 6.25. The van der Waals surface area contributed by atoms with Crippen LogP contribution in [0.1, 0.15) is 58.9 Å². The van der Waals surface area contributed by atoms with Crippen molar-refractivity contribution >= 4 is 28.8 Å². The van der Waals surface area contributed by atoms with E-state index in [0.717, 1.165) is 35.8 Å². The molecule has 0 atom stereocenters. The van der Waals surface area contributed by atoms with Gasteiger partial charge in [-0.2, -0.15) is 0 Å². The van der Waals surface area contributed by atoms with E-state index < -0.39 is 0 Å². The maximum Gasteiger partial charge on any atom is 0.286 e. The van der Waals surface area contributed by atoms with Crippen LogP contribution >= 0.6 is 11.3 Å². The van der Waals surface area contributed by atoms with Crippen molar-refractivity contribution in [2.45, 2.75) is 51.9 Å². The van der Waals surface area contributed by atoms with E-state index in [4.69, 9.17) is 0 Å². The van der Waals surface area contributed by atoms with Gasteiger partial charge in [-0.1, -0.05) is 36.0 Å². The molecule has 0 saturated carbocycles. The fraction of sp³-hybridized carbons (Fsp3) is 0.545. The summed E-state index contributed by atoms with van der Waals surface area (Å²) < 4.78 is 0. The van der Waals surface area contributed by atoms with Crippen molar-refractivity contribution in [2.75, 3.05) is 31.5 Å². The minimum Gasteiger partial charge on any atom is -0.356 e. The second-order valence-electron chi connectivity index (χ2n) is 7.73. The Morgan fingerprint density at radius 2 is 1.90 bits per heavy atom. The molecule has 0 spiro atoms. The van der Waals surface area contributed by atoms with Gasteiger partial charge in [0.15, 0.2) is 0 Å². The molecule has 0 unspecified atom stereocenters. The largest absolute Gasteiger partial charge is 0.356 e. The number of rotatable bonds is 10. The zero-order valence-electron chi connectivity index (χ0n) is 17.7. The number of para-hydroxylation sites is 1. The fourth-order valence-corrected chi connectivity index (χ4v) is 4.31. The normalized spacial score (nSPS) is 14.4. The van der Waals surface area contributed by atoms with Crippen molar-refractivity contribution < 1.29 is 9.59 Å². The third kappa shape index (κ3) is 7.18. The predicted octanol–water partition coefficient (Wildman–Crippen LogP) is 3.41. The summed E-state index contributed by atoms with van der Waals surface area (Å²) in [7, 11) is 0. The molecule has 1 aliphatic heterocycles. The number of hydrogen-bond donors (Lipinski definition) is 2. The Hall–Kier alpha value is -2.32. The lowest BCUT2D eigenvalue weighted by Gasteiger charge is -2.26. The van der Waals surface area contributed by atoms with Gasteiger partial charge in [0, 0.05) is 25.1 Å². The lowest BCUT2D eigenvalue weighted by molar-refractivity contribution is -0.121. The molecule has 0 bridgehead atoms. The van der Waals surface area contributed by atoms with Gasteiger partial charge < -0.3 is 15.5 Å². The summed E-state index contributed by atoms with van der Waals surface area (Å²) in [5.41, 5.74) is 1.77. The second-order valence-corrected chi connectivity index (χ2v) is 8.79. The van der Waals surface area contributed by atoms with Crippen LogP contribution in [0.4, 0.5) is 5.69 Å². The quantitative estimate of drug-likeness (QED) is 0.565. The summed E-state index contributed by atoms with van der Waals surface area (Å²) in [6.45, 7) is 6.14. The average Bonchev–Trinajstić information content (AvgIpc) is 3.23. The van der Waals surface area contributed by atoms with Crippen LogP contribution < -0.4 is 10.6 Å². The molecule has 8 heteroatoms. The first-order valence-electron chi connectivity index (χ1n) is 10.8. The zero-order valence-corrected chi connectivity index (χ0v) is 18.5. The molecule has 2 N–H and O–H groups in total. The first kappa shape index (κ1) is 22.4. The third-order valence-electron chi connectivity index (χ3n) is 5.27. The van der Waals surface area contributed by atoms with Gasteiger partial charge in [0.2, 0.25) is 10.9 Å². The number of amides is 2. The van der Waals surface area contributed by atoms with Crippen LogP contribution in [0.2, 0.25) is 0 Å². The molecule has 2 amide bonds. The minimum absolute atomic E-state index is 0.0793. The van der Waals surface area contributed by atoms with E-state index in [1.54, 1.807) is 0 Å². The van der Waals surface area contributed by atoms with Gasteiger partial charge in [-0.05, 0) is 63.9 Å². The molecule has 3 rings (SSSR count). The number of carbonyl (C=O) groups is 2. The summed E-state index contributed by atoms with van der Waals surface area (Å²) >= 11 is 1.28. The number of hydrogen-bond acceptors (Lipinski definition) is 6. The summed E-state index contributed by atoms with van der Waals surface area (Å²) in [4.78, 5) is 26.8. The number of likely N-dealkylation sites (tertiary alicyclic amines) is 1. The van der Waals surface area contributed by atoms with E-state index in [-0.39, 0.29) is 11.8 Å². The standard InChI is InChI=1S/C22H31N5O2S/c1-17-9-3-4-10-18(17)24-21(29)22-26-25-20(30-22)12-7-11-19(28)23-13-8-16-27-14-5-2-6-15-27/h3-4,9-10H,2,5-8,11-16H2,1H3,(H,23,28)(H,24,29). The average molecular weight is 430 g/mol. The van der Waals surface area contributed by atoms with Crippen LogP contribution in [0.25, 0.3) is 0 Å². The fourth-order valence-electron chi connectivity index (χ4n) is 3.54. The summed E-state index contributed by atoms with van der Waals surface area (Å²) in [6.07, 6.45) is 6.76. The number of piperidine rings is 1. The van der Waals surface area contributed by atoms with E-state index in [9.17, 15) is 9.59 Å². The summed E-state index contributed by atoms with van der Waals surface area (Å²) in [5, 5.41) is 15.1. The molecule has 1 fully saturated rings. The van der Waals surface area contributed by atoms with E-state index >= 15 is 0 Å². The lowest BCUT2D eigenvalue weighted by Crippen LogP contribution is -2.33. The number of nitrogens with zero attached hydrogens (tertiary/aromatic N) is 3. The van der Waals surface area contributed by atoms with Crippen molar-refractivity contribution in [2.24, 2.45) is 0 Å². The van der Waals surface area contributed by atoms with Crippen molar-refractivity contribution in [3.8, 4) is 0 Å². The Balaban J connectivity index is 1.31. The van der Waals surface area contributed by atoms with Crippen LogP contribution in [-0.2, 0) is 11.2 Å². The molecule has 1 aliphatic rings. The predicted molar refractivity (Wildman–Crippen MR) is 120 cm³/mol. The van der Waals surface area contributed by atoms with E-state index in [1.165, 1.54) is 43.7 Å². The molecule has 7 nitrogen and oxygen atoms in total. The van der Waals surface area contributed by atoms with Crippen LogP contribution in [-0.4, -0.2) is 53.1 Å². The smallest absolute Gasteiger partial charge is 0.286 e. The van der Waals surface area contributed by atoms with Crippen molar-refractivity contribution in [1.82, 2.24) is 20.4 Å². The van der Waals surface area contributed by atoms with Crippen molar-refractivity contribution in [3.05, 3.63) is 39.8 Å². The molecular formula is C22H31N5O2S. The molecule has 162 valence electrons. The number of carbonyl (C=O) groups excluding carboxylic acids is 2. The number of benzene rings is 1. The van der Waals surface area contributed by atoms with Crippen LogP contribution in [0.5, 0.6) is 0 Å². The Bertz CT molecular complexity index is 832. The number of aryl methyl sites for hydroxylation is 2. The van der Waals surface area contributed by atoms with Gasteiger partial charge >= 0.3 is 0 Å². The van der Waals surface area contributed by atoms with Gasteiger partial charge in [0.05, 0.1) is 0 Å². The van der Waals surface area contributed by atoms with Gasteiger partial charge in [0.25, 0.3) is 5.91 Å². The van der Waals surface area contributed by atoms with E-state index in [2.05, 4.69) is 25.7 Å².